The van der Waals surface area contributed by atoms with Gasteiger partial charge in [0.1, 0.15) is 0 Å². The Bertz CT molecular complexity index is 1300. The summed E-state index contributed by atoms with van der Waals surface area (Å²) in [6.07, 6.45) is 3.83. The lowest BCUT2D eigenvalue weighted by Gasteiger charge is -2.08. The van der Waals surface area contributed by atoms with Gasteiger partial charge in [-0.3, -0.25) is 4.79 Å². The van der Waals surface area contributed by atoms with E-state index in [1.807, 2.05) is 60.8 Å². The van der Waals surface area contributed by atoms with E-state index in [0.29, 0.717) is 11.3 Å². The average Bonchev–Trinajstić information content (AvgIpc) is 3.29. The van der Waals surface area contributed by atoms with Crippen molar-refractivity contribution in [1.82, 2.24) is 4.98 Å². The summed E-state index contributed by atoms with van der Waals surface area (Å²) in [4.78, 5) is 15.9. The van der Waals surface area contributed by atoms with Crippen molar-refractivity contribution in [1.29, 1.82) is 0 Å². The average molecular weight is 382 g/mol. The number of ether oxygens (including phenoxy) is 1. The minimum absolute atomic E-state index is 0.0918. The Kier molecular flexibility index (Phi) is 3.88. The maximum Gasteiger partial charge on any atom is 0.256 e. The number of anilines is 1. The number of hydrogen-bond acceptors (Lipinski definition) is 3. The number of amides is 1. The lowest BCUT2D eigenvalue weighted by molar-refractivity contribution is -0.110. The molecule has 0 atom stereocenters. The molecule has 0 radical (unpaired) electrons. The van der Waals surface area contributed by atoms with Crippen LogP contribution >= 0.6 is 0 Å². The fourth-order valence-electron chi connectivity index (χ4n) is 3.74. The van der Waals surface area contributed by atoms with Gasteiger partial charge in [0.05, 0.1) is 7.11 Å². The summed E-state index contributed by atoms with van der Waals surface area (Å²) < 4.78 is 5.22. The second kappa shape index (κ2) is 6.56. The van der Waals surface area contributed by atoms with Crippen LogP contribution in [0.25, 0.3) is 33.7 Å². The number of aromatic nitrogens is 1. The number of benzene rings is 3. The minimum Gasteiger partial charge on any atom is -0.504 e. The predicted molar refractivity (Wildman–Crippen MR) is 115 cm³/mol. The third-order valence-electron chi connectivity index (χ3n) is 5.24. The molecule has 1 aromatic heterocycles. The summed E-state index contributed by atoms with van der Waals surface area (Å²) in [5.74, 6) is 0.381. The molecule has 29 heavy (non-hydrogen) atoms. The summed E-state index contributed by atoms with van der Waals surface area (Å²) >= 11 is 0. The normalized spacial score (nSPS) is 14.2. The second-order valence-corrected chi connectivity index (χ2v) is 6.95. The van der Waals surface area contributed by atoms with Crippen LogP contribution in [0.1, 0.15) is 11.1 Å². The van der Waals surface area contributed by atoms with Gasteiger partial charge in [0.2, 0.25) is 0 Å². The van der Waals surface area contributed by atoms with Gasteiger partial charge in [-0.25, -0.2) is 0 Å². The van der Waals surface area contributed by atoms with Crippen LogP contribution in [0.3, 0.4) is 0 Å². The first-order valence-electron chi connectivity index (χ1n) is 9.25. The molecular weight excluding hydrogens is 364 g/mol. The van der Waals surface area contributed by atoms with E-state index in [0.717, 1.165) is 38.8 Å². The number of phenols is 1. The number of phenolic OH excluding ortho intramolecular Hbond substituents is 1. The number of carbonyl (C=O) groups excluding carboxylic acids is 1. The van der Waals surface area contributed by atoms with Crippen molar-refractivity contribution in [2.45, 2.75) is 0 Å². The fraction of sp³-hybridized carbons (Fsp3) is 0.0417. The van der Waals surface area contributed by atoms with Crippen LogP contribution in [0, 0.1) is 0 Å². The zero-order valence-corrected chi connectivity index (χ0v) is 15.7. The molecule has 0 aliphatic carbocycles. The number of carbonyl (C=O) groups is 1. The van der Waals surface area contributed by atoms with Crippen molar-refractivity contribution >= 4 is 34.1 Å². The summed E-state index contributed by atoms with van der Waals surface area (Å²) in [7, 11) is 1.52. The minimum atomic E-state index is -0.120. The highest BCUT2D eigenvalue weighted by atomic mass is 16.5. The highest BCUT2D eigenvalue weighted by Gasteiger charge is 2.25. The molecule has 2 heterocycles. The van der Waals surface area contributed by atoms with E-state index < -0.39 is 0 Å². The second-order valence-electron chi connectivity index (χ2n) is 6.95. The Morgan fingerprint density at radius 1 is 1.00 bits per heavy atom. The Labute approximate surface area is 167 Å². The zero-order valence-electron chi connectivity index (χ0n) is 15.7. The number of aromatic amines is 1. The summed E-state index contributed by atoms with van der Waals surface area (Å²) in [6.45, 7) is 0. The van der Waals surface area contributed by atoms with Crippen molar-refractivity contribution < 1.29 is 14.6 Å². The van der Waals surface area contributed by atoms with Crippen molar-refractivity contribution in [3.05, 3.63) is 78.0 Å². The van der Waals surface area contributed by atoms with Gasteiger partial charge in [-0.05, 0) is 47.5 Å². The highest BCUT2D eigenvalue weighted by molar-refractivity contribution is 6.35. The Hall–Kier alpha value is -3.99. The maximum atomic E-state index is 12.6. The van der Waals surface area contributed by atoms with Gasteiger partial charge >= 0.3 is 0 Å². The van der Waals surface area contributed by atoms with E-state index in [9.17, 15) is 9.90 Å². The van der Waals surface area contributed by atoms with Gasteiger partial charge in [-0.2, -0.15) is 0 Å². The molecule has 3 aromatic carbocycles. The van der Waals surface area contributed by atoms with E-state index in [2.05, 4.69) is 10.3 Å². The van der Waals surface area contributed by atoms with Crippen LogP contribution in [-0.4, -0.2) is 23.1 Å². The maximum absolute atomic E-state index is 12.6. The molecule has 1 amide bonds. The Morgan fingerprint density at radius 3 is 2.66 bits per heavy atom. The molecule has 0 saturated carbocycles. The quantitative estimate of drug-likeness (QED) is 0.435. The largest absolute Gasteiger partial charge is 0.504 e. The third kappa shape index (κ3) is 2.84. The molecule has 0 bridgehead atoms. The number of hydrogen-bond donors (Lipinski definition) is 3. The van der Waals surface area contributed by atoms with Gasteiger partial charge in [0, 0.05) is 39.5 Å². The van der Waals surface area contributed by atoms with E-state index in [-0.39, 0.29) is 11.7 Å². The topological polar surface area (TPSA) is 74.4 Å². The SMILES string of the molecule is COc1cc(-c2ccc3c(c2)/C(=C/c2c[nH]c4ccccc24)C(=O)N3)ccc1O. The molecule has 0 saturated heterocycles. The van der Waals surface area contributed by atoms with E-state index >= 15 is 0 Å². The molecule has 5 rings (SSSR count). The Morgan fingerprint density at radius 2 is 1.79 bits per heavy atom. The molecule has 142 valence electrons. The number of nitrogens with one attached hydrogen (secondary N) is 2. The van der Waals surface area contributed by atoms with Gasteiger partial charge in [0.15, 0.2) is 11.5 Å². The zero-order chi connectivity index (χ0) is 20.0. The molecular formula is C24H18N2O3. The summed E-state index contributed by atoms with van der Waals surface area (Å²) in [5.41, 5.74) is 6.09. The standard InChI is InChI=1S/C24H18N2O3/c1-29-23-12-15(7-9-22(23)27)14-6-8-21-18(10-14)19(24(28)26-21)11-16-13-25-20-5-3-2-4-17(16)20/h2-13,25,27H,1H3,(H,26,28)/b19-11-. The molecule has 1 aliphatic heterocycles. The number of fused-ring (bicyclic) bond motifs is 2. The van der Waals surface area contributed by atoms with Crippen LogP contribution in [0.2, 0.25) is 0 Å². The van der Waals surface area contributed by atoms with E-state index in [1.54, 1.807) is 12.1 Å². The monoisotopic (exact) mass is 382 g/mol. The van der Waals surface area contributed by atoms with Crippen LogP contribution in [-0.2, 0) is 4.79 Å². The van der Waals surface area contributed by atoms with Gasteiger partial charge in [-0.1, -0.05) is 30.3 Å². The van der Waals surface area contributed by atoms with Gasteiger partial charge in [0.25, 0.3) is 5.91 Å². The van der Waals surface area contributed by atoms with Crippen molar-refractivity contribution in [3.8, 4) is 22.6 Å². The Balaban J connectivity index is 1.62. The van der Waals surface area contributed by atoms with Crippen LogP contribution in [0.5, 0.6) is 11.5 Å². The van der Waals surface area contributed by atoms with E-state index in [4.69, 9.17) is 4.74 Å². The first-order valence-corrected chi connectivity index (χ1v) is 9.25. The summed E-state index contributed by atoms with van der Waals surface area (Å²) in [6, 6.07) is 19.0. The first-order chi connectivity index (χ1) is 14.1. The number of aromatic hydroxyl groups is 1. The summed E-state index contributed by atoms with van der Waals surface area (Å²) in [5, 5.41) is 13.9. The fourth-order valence-corrected chi connectivity index (χ4v) is 3.74. The molecule has 5 nitrogen and oxygen atoms in total. The van der Waals surface area contributed by atoms with Crippen molar-refractivity contribution in [3.63, 3.8) is 0 Å². The number of H-pyrrole nitrogens is 1. The predicted octanol–water partition coefficient (Wildman–Crippen LogP) is 5.04. The third-order valence-corrected chi connectivity index (χ3v) is 5.24. The van der Waals surface area contributed by atoms with Crippen molar-refractivity contribution in [2.24, 2.45) is 0 Å². The molecule has 0 unspecified atom stereocenters. The van der Waals surface area contributed by atoms with Crippen LogP contribution < -0.4 is 10.1 Å². The van der Waals surface area contributed by atoms with Crippen LogP contribution in [0.4, 0.5) is 5.69 Å². The lowest BCUT2D eigenvalue weighted by Crippen LogP contribution is -2.03. The molecule has 0 spiro atoms. The van der Waals surface area contributed by atoms with Crippen LogP contribution in [0.15, 0.2) is 66.9 Å². The molecule has 4 aromatic rings. The lowest BCUT2D eigenvalue weighted by atomic mass is 9.98. The number of rotatable bonds is 3. The van der Waals surface area contributed by atoms with E-state index in [1.165, 1.54) is 7.11 Å². The number of methoxy groups -OCH3 is 1. The molecule has 3 N–H and O–H groups in total. The van der Waals surface area contributed by atoms with Gasteiger partial charge < -0.3 is 20.1 Å². The molecule has 1 aliphatic rings. The molecule has 0 fully saturated rings. The van der Waals surface area contributed by atoms with Gasteiger partial charge in [-0.15, -0.1) is 0 Å². The molecule has 5 heteroatoms. The van der Waals surface area contributed by atoms with Crippen molar-refractivity contribution in [2.75, 3.05) is 12.4 Å². The number of para-hydroxylation sites is 1. The first kappa shape index (κ1) is 17.1. The highest BCUT2D eigenvalue weighted by Crippen LogP contribution is 2.38. The smallest absolute Gasteiger partial charge is 0.256 e.